The number of carbonyl (C=O) groups is 1. The molecule has 1 atom stereocenters. The van der Waals surface area contributed by atoms with Crippen LogP contribution in [-0.2, 0) is 4.79 Å². The largest absolute Gasteiger partial charge is 0.484 e. The Morgan fingerprint density at radius 2 is 2.32 bits per heavy atom. The van der Waals surface area contributed by atoms with Crippen LogP contribution in [0.4, 0.5) is 5.69 Å². The lowest BCUT2D eigenvalue weighted by atomic mass is 10.2. The maximum Gasteiger partial charge on any atom is 0.258 e. The molecule has 19 heavy (non-hydrogen) atoms. The zero-order valence-electron chi connectivity index (χ0n) is 10.6. The Morgan fingerprint density at radius 3 is 3.00 bits per heavy atom. The molecule has 0 saturated heterocycles. The van der Waals surface area contributed by atoms with Crippen LogP contribution in [0.15, 0.2) is 41.1 Å². The summed E-state index contributed by atoms with van der Waals surface area (Å²) >= 11 is 1.61. The van der Waals surface area contributed by atoms with Crippen molar-refractivity contribution in [1.29, 1.82) is 0 Å². The predicted molar refractivity (Wildman–Crippen MR) is 77.2 cm³/mol. The molecule has 0 fully saturated rings. The highest BCUT2D eigenvalue weighted by Gasteiger charge is 2.10. The summed E-state index contributed by atoms with van der Waals surface area (Å²) in [6, 6.07) is 9.00. The number of hydrogen-bond donors (Lipinski definition) is 2. The number of carbonyl (C=O) groups excluding carboxylic acids is 1. The highest BCUT2D eigenvalue weighted by molar-refractivity contribution is 7.07. The molecule has 2 aromatic rings. The molecule has 3 N–H and O–H groups in total. The van der Waals surface area contributed by atoms with E-state index in [2.05, 4.69) is 5.32 Å². The van der Waals surface area contributed by atoms with E-state index in [-0.39, 0.29) is 18.6 Å². The standard InChI is InChI=1S/C14H16N2O2S/c1-10(11-5-6-19-9-11)16-14(17)8-18-13-4-2-3-12(15)7-13/h2-7,9-10H,8,15H2,1H3,(H,16,17). The van der Waals surface area contributed by atoms with Crippen molar-refractivity contribution in [3.8, 4) is 5.75 Å². The molecule has 4 nitrogen and oxygen atoms in total. The van der Waals surface area contributed by atoms with Gasteiger partial charge in [0.1, 0.15) is 5.75 Å². The van der Waals surface area contributed by atoms with Crippen molar-refractivity contribution in [2.24, 2.45) is 0 Å². The summed E-state index contributed by atoms with van der Waals surface area (Å²) in [6.07, 6.45) is 0. The van der Waals surface area contributed by atoms with Gasteiger partial charge in [0.15, 0.2) is 6.61 Å². The molecule has 1 aromatic carbocycles. The van der Waals surface area contributed by atoms with E-state index < -0.39 is 0 Å². The first-order valence-corrected chi connectivity index (χ1v) is 6.89. The highest BCUT2D eigenvalue weighted by atomic mass is 32.1. The molecule has 0 saturated carbocycles. The third-order valence-electron chi connectivity index (χ3n) is 2.65. The first-order valence-electron chi connectivity index (χ1n) is 5.95. The fourth-order valence-corrected chi connectivity index (χ4v) is 2.40. The number of nitrogens with two attached hydrogens (primary N) is 1. The van der Waals surface area contributed by atoms with E-state index >= 15 is 0 Å². The van der Waals surface area contributed by atoms with Crippen molar-refractivity contribution in [3.05, 3.63) is 46.7 Å². The second-order valence-electron chi connectivity index (χ2n) is 4.21. The number of benzene rings is 1. The van der Waals surface area contributed by atoms with Crippen LogP contribution >= 0.6 is 11.3 Å². The quantitative estimate of drug-likeness (QED) is 0.825. The van der Waals surface area contributed by atoms with Gasteiger partial charge in [-0.15, -0.1) is 0 Å². The summed E-state index contributed by atoms with van der Waals surface area (Å²) in [5.41, 5.74) is 7.35. The molecule has 0 aliphatic carbocycles. The summed E-state index contributed by atoms with van der Waals surface area (Å²) in [6.45, 7) is 1.93. The first kappa shape index (κ1) is 13.4. The van der Waals surface area contributed by atoms with Crippen molar-refractivity contribution < 1.29 is 9.53 Å². The molecule has 1 unspecified atom stereocenters. The Labute approximate surface area is 116 Å². The number of ether oxygens (including phenoxy) is 1. The number of nitrogens with one attached hydrogen (secondary N) is 1. The van der Waals surface area contributed by atoms with Gasteiger partial charge in [-0.05, 0) is 41.4 Å². The Balaban J connectivity index is 1.82. The lowest BCUT2D eigenvalue weighted by Crippen LogP contribution is -2.31. The number of rotatable bonds is 5. The Kier molecular flexibility index (Phi) is 4.41. The van der Waals surface area contributed by atoms with Crippen LogP contribution in [-0.4, -0.2) is 12.5 Å². The SMILES string of the molecule is CC(NC(=O)COc1cccc(N)c1)c1ccsc1. The average Bonchev–Trinajstić information content (AvgIpc) is 2.90. The van der Waals surface area contributed by atoms with Crippen molar-refractivity contribution >= 4 is 22.9 Å². The first-order chi connectivity index (χ1) is 9.15. The maximum absolute atomic E-state index is 11.7. The molecule has 2 rings (SSSR count). The number of anilines is 1. The maximum atomic E-state index is 11.7. The van der Waals surface area contributed by atoms with Crippen LogP contribution in [0.5, 0.6) is 5.75 Å². The van der Waals surface area contributed by atoms with Crippen LogP contribution in [0.2, 0.25) is 0 Å². The van der Waals surface area contributed by atoms with Gasteiger partial charge in [0, 0.05) is 11.8 Å². The zero-order chi connectivity index (χ0) is 13.7. The van der Waals surface area contributed by atoms with Crippen molar-refractivity contribution in [1.82, 2.24) is 5.32 Å². The van der Waals surface area contributed by atoms with Gasteiger partial charge in [-0.2, -0.15) is 11.3 Å². The van der Waals surface area contributed by atoms with E-state index in [1.54, 1.807) is 35.6 Å². The lowest BCUT2D eigenvalue weighted by Gasteiger charge is -2.13. The number of hydrogen-bond acceptors (Lipinski definition) is 4. The minimum Gasteiger partial charge on any atom is -0.484 e. The monoisotopic (exact) mass is 276 g/mol. The molecule has 0 radical (unpaired) electrons. The molecule has 0 aliphatic heterocycles. The Bertz CT molecular complexity index is 540. The Hall–Kier alpha value is -2.01. The van der Waals surface area contributed by atoms with Gasteiger partial charge < -0.3 is 15.8 Å². The average molecular weight is 276 g/mol. The van der Waals surface area contributed by atoms with E-state index in [9.17, 15) is 4.79 Å². The van der Waals surface area contributed by atoms with Gasteiger partial charge in [-0.3, -0.25) is 4.79 Å². The van der Waals surface area contributed by atoms with Gasteiger partial charge in [-0.1, -0.05) is 6.07 Å². The predicted octanol–water partition coefficient (Wildman–Crippen LogP) is 2.59. The summed E-state index contributed by atoms with van der Waals surface area (Å²) in [7, 11) is 0. The fraction of sp³-hybridized carbons (Fsp3) is 0.214. The smallest absolute Gasteiger partial charge is 0.258 e. The summed E-state index contributed by atoms with van der Waals surface area (Å²) < 4.78 is 5.38. The van der Waals surface area contributed by atoms with E-state index in [1.807, 2.05) is 23.8 Å². The minimum atomic E-state index is -0.152. The summed E-state index contributed by atoms with van der Waals surface area (Å²) in [4.78, 5) is 11.7. The van der Waals surface area contributed by atoms with Gasteiger partial charge in [0.2, 0.25) is 0 Å². The van der Waals surface area contributed by atoms with E-state index in [0.717, 1.165) is 5.56 Å². The molecule has 1 aromatic heterocycles. The number of nitrogen functional groups attached to an aromatic ring is 1. The molecule has 0 bridgehead atoms. The van der Waals surface area contributed by atoms with Crippen LogP contribution in [0, 0.1) is 0 Å². The molecule has 1 amide bonds. The van der Waals surface area contributed by atoms with Crippen LogP contribution in [0.1, 0.15) is 18.5 Å². The second kappa shape index (κ2) is 6.24. The van der Waals surface area contributed by atoms with Crippen LogP contribution in [0.25, 0.3) is 0 Å². The van der Waals surface area contributed by atoms with Crippen molar-refractivity contribution in [2.75, 3.05) is 12.3 Å². The summed E-state index contributed by atoms with van der Waals surface area (Å²) in [5.74, 6) is 0.444. The molecule has 5 heteroatoms. The number of thiophene rings is 1. The van der Waals surface area contributed by atoms with Crippen molar-refractivity contribution in [2.45, 2.75) is 13.0 Å². The van der Waals surface area contributed by atoms with Crippen LogP contribution in [0.3, 0.4) is 0 Å². The second-order valence-corrected chi connectivity index (χ2v) is 4.99. The molecular formula is C14H16N2O2S. The van der Waals surface area contributed by atoms with Crippen LogP contribution < -0.4 is 15.8 Å². The normalized spacial score (nSPS) is 11.8. The molecule has 0 spiro atoms. The van der Waals surface area contributed by atoms with E-state index in [4.69, 9.17) is 10.5 Å². The molecule has 0 aliphatic rings. The fourth-order valence-electron chi connectivity index (χ4n) is 1.64. The van der Waals surface area contributed by atoms with Crippen molar-refractivity contribution in [3.63, 3.8) is 0 Å². The van der Waals surface area contributed by atoms with E-state index in [1.165, 1.54) is 0 Å². The molecule has 1 heterocycles. The lowest BCUT2D eigenvalue weighted by molar-refractivity contribution is -0.123. The number of amides is 1. The third kappa shape index (κ3) is 3.99. The molecule has 100 valence electrons. The molecular weight excluding hydrogens is 260 g/mol. The zero-order valence-corrected chi connectivity index (χ0v) is 11.4. The van der Waals surface area contributed by atoms with Gasteiger partial charge in [0.25, 0.3) is 5.91 Å². The van der Waals surface area contributed by atoms with Gasteiger partial charge >= 0.3 is 0 Å². The minimum absolute atomic E-state index is 0.0109. The van der Waals surface area contributed by atoms with Gasteiger partial charge in [0.05, 0.1) is 6.04 Å². The summed E-state index contributed by atoms with van der Waals surface area (Å²) in [5, 5.41) is 6.88. The van der Waals surface area contributed by atoms with E-state index in [0.29, 0.717) is 11.4 Å². The Morgan fingerprint density at radius 1 is 1.47 bits per heavy atom. The van der Waals surface area contributed by atoms with Gasteiger partial charge in [-0.25, -0.2) is 0 Å². The third-order valence-corrected chi connectivity index (χ3v) is 3.35. The highest BCUT2D eigenvalue weighted by Crippen LogP contribution is 2.16. The topological polar surface area (TPSA) is 64.3 Å².